The van der Waals surface area contributed by atoms with Crippen LogP contribution < -0.4 is 15.4 Å². The summed E-state index contributed by atoms with van der Waals surface area (Å²) >= 11 is 0. The smallest absolute Gasteiger partial charge is 0.307 e. The first-order chi connectivity index (χ1) is 18.4. The molecule has 1 unspecified atom stereocenters. The van der Waals surface area contributed by atoms with Gasteiger partial charge in [-0.15, -0.1) is 0 Å². The molecule has 0 bridgehead atoms. The quantitative estimate of drug-likeness (QED) is 0.338. The Labute approximate surface area is 225 Å². The van der Waals surface area contributed by atoms with Crippen molar-refractivity contribution in [1.29, 1.82) is 0 Å². The van der Waals surface area contributed by atoms with Crippen molar-refractivity contribution >= 4 is 11.7 Å². The number of hydrogen-bond acceptors (Lipinski definition) is 5. The van der Waals surface area contributed by atoms with Crippen LogP contribution in [0.5, 0.6) is 5.75 Å². The molecular weight excluding hydrogens is 476 g/mol. The number of aliphatic hydroxyl groups excluding tert-OH is 1. The predicted octanol–water partition coefficient (Wildman–Crippen LogP) is 5.71. The summed E-state index contributed by atoms with van der Waals surface area (Å²) in [5.41, 5.74) is 12.6. The lowest BCUT2D eigenvalue weighted by Gasteiger charge is -2.40. The van der Waals surface area contributed by atoms with Gasteiger partial charge in [0.25, 0.3) is 0 Å². The molecule has 0 amide bonds. The summed E-state index contributed by atoms with van der Waals surface area (Å²) in [5, 5.41) is 18.9. The number of aliphatic hydroxyl groups is 1. The number of carboxylic acids is 1. The number of carboxylic acid groups (broad SMARTS) is 1. The van der Waals surface area contributed by atoms with Crippen LogP contribution in [0, 0.1) is 5.41 Å². The summed E-state index contributed by atoms with van der Waals surface area (Å²) in [6.45, 7) is 2.35. The molecule has 1 aliphatic carbocycles. The number of hydrogen-bond donors (Lipinski definition) is 3. The maximum absolute atomic E-state index is 11.3. The van der Waals surface area contributed by atoms with Crippen molar-refractivity contribution in [2.24, 2.45) is 11.1 Å². The molecule has 38 heavy (non-hydrogen) atoms. The van der Waals surface area contributed by atoms with Crippen molar-refractivity contribution in [3.05, 3.63) is 83.4 Å². The van der Waals surface area contributed by atoms with Crippen molar-refractivity contribution < 1.29 is 19.7 Å². The van der Waals surface area contributed by atoms with Crippen LogP contribution in [0.1, 0.15) is 61.3 Å². The van der Waals surface area contributed by atoms with Gasteiger partial charge in [-0.3, -0.25) is 4.79 Å². The van der Waals surface area contributed by atoms with E-state index in [0.717, 1.165) is 35.3 Å². The highest BCUT2D eigenvalue weighted by molar-refractivity contribution is 5.72. The molecule has 2 fully saturated rings. The van der Waals surface area contributed by atoms with Gasteiger partial charge in [-0.05, 0) is 83.7 Å². The van der Waals surface area contributed by atoms with E-state index in [1.165, 1.54) is 44.2 Å². The average Bonchev–Trinajstić information content (AvgIpc) is 3.39. The lowest BCUT2D eigenvalue weighted by Crippen LogP contribution is -2.38. The zero-order chi connectivity index (χ0) is 26.5. The molecule has 0 aromatic heterocycles. The Bertz CT molecular complexity index is 1260. The van der Waals surface area contributed by atoms with E-state index in [2.05, 4.69) is 35.2 Å². The number of benzene rings is 3. The molecule has 1 saturated heterocycles. The van der Waals surface area contributed by atoms with Crippen molar-refractivity contribution in [1.82, 2.24) is 0 Å². The SMILES string of the molecule is NC(CO)c1cccc(-c2cc(COc3ccccc3CC(=O)O)cc(N3CCC4(CCCC4)CC3)c2)c1. The van der Waals surface area contributed by atoms with Gasteiger partial charge in [0, 0.05) is 24.3 Å². The Hall–Kier alpha value is -3.35. The minimum Gasteiger partial charge on any atom is -0.489 e. The average molecular weight is 515 g/mol. The molecule has 1 saturated carbocycles. The summed E-state index contributed by atoms with van der Waals surface area (Å²) in [7, 11) is 0. The van der Waals surface area contributed by atoms with Gasteiger partial charge in [0.15, 0.2) is 0 Å². The second-order valence-corrected chi connectivity index (χ2v) is 11.0. The molecule has 6 heteroatoms. The molecule has 3 aromatic rings. The fourth-order valence-electron chi connectivity index (χ4n) is 6.14. The topological polar surface area (TPSA) is 96.0 Å². The van der Waals surface area contributed by atoms with Gasteiger partial charge in [-0.1, -0.05) is 49.2 Å². The van der Waals surface area contributed by atoms with Crippen LogP contribution >= 0.6 is 0 Å². The second kappa shape index (κ2) is 11.6. The number of piperidine rings is 1. The summed E-state index contributed by atoms with van der Waals surface area (Å²) in [5.74, 6) is -0.282. The molecule has 3 aromatic carbocycles. The zero-order valence-electron chi connectivity index (χ0n) is 21.9. The summed E-state index contributed by atoms with van der Waals surface area (Å²) in [4.78, 5) is 13.8. The van der Waals surface area contributed by atoms with Crippen LogP contribution in [0.15, 0.2) is 66.7 Å². The Kier molecular flexibility index (Phi) is 8.01. The van der Waals surface area contributed by atoms with E-state index in [1.807, 2.05) is 30.3 Å². The molecule has 200 valence electrons. The van der Waals surface area contributed by atoms with Crippen LogP contribution in [-0.4, -0.2) is 35.9 Å². The predicted molar refractivity (Wildman–Crippen MR) is 150 cm³/mol. The van der Waals surface area contributed by atoms with E-state index in [-0.39, 0.29) is 13.0 Å². The van der Waals surface area contributed by atoms with Crippen molar-refractivity contribution in [2.45, 2.75) is 57.6 Å². The summed E-state index contributed by atoms with van der Waals surface area (Å²) in [6, 6.07) is 21.6. The van der Waals surface area contributed by atoms with E-state index in [1.54, 1.807) is 6.07 Å². The zero-order valence-corrected chi connectivity index (χ0v) is 21.9. The molecule has 1 atom stereocenters. The van der Waals surface area contributed by atoms with Crippen LogP contribution in [-0.2, 0) is 17.8 Å². The van der Waals surface area contributed by atoms with Crippen molar-refractivity contribution in [3.8, 4) is 16.9 Å². The fraction of sp³-hybridized carbons (Fsp3) is 0.406. The molecule has 0 radical (unpaired) electrons. The Morgan fingerprint density at radius 3 is 2.45 bits per heavy atom. The highest BCUT2D eigenvalue weighted by Crippen LogP contribution is 2.47. The van der Waals surface area contributed by atoms with E-state index >= 15 is 0 Å². The molecule has 1 spiro atoms. The number of aliphatic carboxylic acids is 1. The molecular formula is C32H38N2O4. The highest BCUT2D eigenvalue weighted by Gasteiger charge is 2.37. The number of nitrogens with zero attached hydrogens (tertiary/aromatic N) is 1. The first-order valence-electron chi connectivity index (χ1n) is 13.7. The number of anilines is 1. The van der Waals surface area contributed by atoms with Crippen molar-refractivity contribution in [3.63, 3.8) is 0 Å². The monoisotopic (exact) mass is 514 g/mol. The van der Waals surface area contributed by atoms with Crippen LogP contribution in [0.4, 0.5) is 5.69 Å². The summed E-state index contributed by atoms with van der Waals surface area (Å²) < 4.78 is 6.18. The van der Waals surface area contributed by atoms with Crippen LogP contribution in [0.25, 0.3) is 11.1 Å². The Morgan fingerprint density at radius 2 is 1.71 bits per heavy atom. The maximum Gasteiger partial charge on any atom is 0.307 e. The van der Waals surface area contributed by atoms with Gasteiger partial charge >= 0.3 is 5.97 Å². The van der Waals surface area contributed by atoms with E-state index < -0.39 is 12.0 Å². The van der Waals surface area contributed by atoms with Gasteiger partial charge in [0.2, 0.25) is 0 Å². The Morgan fingerprint density at radius 1 is 0.947 bits per heavy atom. The summed E-state index contributed by atoms with van der Waals surface area (Å²) in [6.07, 6.45) is 7.88. The standard InChI is InChI=1S/C32H38N2O4/c33-29(21-35)25-8-5-7-24(18-25)27-16-23(22-38-30-9-2-1-6-26(30)20-31(36)37)17-28(19-27)34-14-12-32(13-15-34)10-3-4-11-32/h1-2,5-9,16-19,29,35H,3-4,10-15,20-22,33H2,(H,36,37). The number of ether oxygens (including phenoxy) is 1. The number of carbonyl (C=O) groups is 1. The van der Waals surface area contributed by atoms with E-state index in [0.29, 0.717) is 23.3 Å². The fourth-order valence-corrected chi connectivity index (χ4v) is 6.14. The minimum absolute atomic E-state index is 0.0745. The van der Waals surface area contributed by atoms with Crippen LogP contribution in [0.2, 0.25) is 0 Å². The maximum atomic E-state index is 11.3. The van der Waals surface area contributed by atoms with E-state index in [4.69, 9.17) is 10.5 Å². The first kappa shape index (κ1) is 26.3. The highest BCUT2D eigenvalue weighted by atomic mass is 16.5. The van der Waals surface area contributed by atoms with Gasteiger partial charge in [-0.2, -0.15) is 0 Å². The third-order valence-electron chi connectivity index (χ3n) is 8.38. The molecule has 1 aliphatic heterocycles. The van der Waals surface area contributed by atoms with Gasteiger partial charge in [0.05, 0.1) is 19.1 Å². The molecule has 5 rings (SSSR count). The molecule has 4 N–H and O–H groups in total. The third-order valence-corrected chi connectivity index (χ3v) is 8.38. The third kappa shape index (κ3) is 6.03. The van der Waals surface area contributed by atoms with Gasteiger partial charge < -0.3 is 25.6 Å². The lowest BCUT2D eigenvalue weighted by molar-refractivity contribution is -0.136. The second-order valence-electron chi connectivity index (χ2n) is 11.0. The largest absolute Gasteiger partial charge is 0.489 e. The van der Waals surface area contributed by atoms with Crippen LogP contribution in [0.3, 0.4) is 0 Å². The first-order valence-corrected chi connectivity index (χ1v) is 13.7. The normalized spacial score (nSPS) is 17.5. The number of nitrogens with two attached hydrogens (primary N) is 1. The molecule has 1 heterocycles. The van der Waals surface area contributed by atoms with Gasteiger partial charge in [-0.25, -0.2) is 0 Å². The van der Waals surface area contributed by atoms with Crippen molar-refractivity contribution in [2.75, 3.05) is 24.6 Å². The molecule has 6 nitrogen and oxygen atoms in total. The minimum atomic E-state index is -0.878. The van der Waals surface area contributed by atoms with E-state index in [9.17, 15) is 15.0 Å². The number of para-hydroxylation sites is 1. The van der Waals surface area contributed by atoms with Gasteiger partial charge in [0.1, 0.15) is 12.4 Å². The Balaban J connectivity index is 1.44. The molecule has 2 aliphatic rings. The lowest BCUT2D eigenvalue weighted by atomic mass is 9.77. The number of rotatable bonds is 9.